The van der Waals surface area contributed by atoms with Crippen molar-refractivity contribution in [1.29, 1.82) is 0 Å². The van der Waals surface area contributed by atoms with E-state index in [9.17, 15) is 4.79 Å². The fraction of sp³-hybridized carbons (Fsp3) is 0.0500. The van der Waals surface area contributed by atoms with E-state index in [0.717, 1.165) is 22.0 Å². The quantitative estimate of drug-likeness (QED) is 0.525. The van der Waals surface area contributed by atoms with Gasteiger partial charge in [-0.2, -0.15) is 0 Å². The largest absolute Gasteiger partial charge is 0.411 e. The molecule has 1 amide bonds. The molecule has 0 spiro atoms. The van der Waals surface area contributed by atoms with E-state index in [1.807, 2.05) is 72.8 Å². The predicted molar refractivity (Wildman–Crippen MR) is 103 cm³/mol. The van der Waals surface area contributed by atoms with Gasteiger partial charge >= 0.3 is 0 Å². The Bertz CT molecular complexity index is 1040. The van der Waals surface area contributed by atoms with Crippen LogP contribution in [0, 0.1) is 0 Å². The maximum Gasteiger partial charge on any atom is 0.277 e. The standard InChI is InChI=1S/C20H15N3O2S/c24-18(21-15-9-2-1-3-10-15)13-26-20-23-22-19(25-20)17-12-6-8-14-7-4-5-11-16(14)17/h1-12H,13H2,(H,21,24). The van der Waals surface area contributed by atoms with Crippen LogP contribution in [0.15, 0.2) is 82.4 Å². The number of nitrogens with zero attached hydrogens (tertiary/aromatic N) is 2. The number of thioether (sulfide) groups is 1. The molecule has 0 aliphatic heterocycles. The molecule has 6 heteroatoms. The van der Waals surface area contributed by atoms with Crippen LogP contribution in [0.2, 0.25) is 0 Å². The zero-order valence-corrected chi connectivity index (χ0v) is 14.6. The minimum absolute atomic E-state index is 0.119. The summed E-state index contributed by atoms with van der Waals surface area (Å²) in [6.45, 7) is 0. The van der Waals surface area contributed by atoms with Crippen molar-refractivity contribution in [3.05, 3.63) is 72.8 Å². The zero-order valence-electron chi connectivity index (χ0n) is 13.8. The smallest absolute Gasteiger partial charge is 0.277 e. The number of rotatable bonds is 5. The van der Waals surface area contributed by atoms with Crippen LogP contribution in [0.3, 0.4) is 0 Å². The second kappa shape index (κ2) is 7.41. The lowest BCUT2D eigenvalue weighted by atomic mass is 10.0. The molecule has 3 aromatic carbocycles. The summed E-state index contributed by atoms with van der Waals surface area (Å²) in [6.07, 6.45) is 0. The molecule has 0 bridgehead atoms. The maximum absolute atomic E-state index is 12.0. The van der Waals surface area contributed by atoms with Gasteiger partial charge in [0, 0.05) is 11.3 Å². The van der Waals surface area contributed by atoms with Gasteiger partial charge in [-0.1, -0.05) is 66.4 Å². The predicted octanol–water partition coefficient (Wildman–Crippen LogP) is 4.62. The Balaban J connectivity index is 1.45. The molecule has 0 aliphatic carbocycles. The molecule has 0 saturated carbocycles. The highest BCUT2D eigenvalue weighted by Gasteiger charge is 2.13. The molecule has 1 N–H and O–H groups in total. The number of carbonyl (C=O) groups excluding carboxylic acids is 1. The fourth-order valence-electron chi connectivity index (χ4n) is 2.63. The van der Waals surface area contributed by atoms with Crippen molar-refractivity contribution in [2.45, 2.75) is 5.22 Å². The van der Waals surface area contributed by atoms with Crippen LogP contribution in [-0.4, -0.2) is 21.9 Å². The van der Waals surface area contributed by atoms with E-state index in [1.54, 1.807) is 0 Å². The average Bonchev–Trinajstić information content (AvgIpc) is 3.16. The van der Waals surface area contributed by atoms with Gasteiger partial charge in [-0.3, -0.25) is 4.79 Å². The lowest BCUT2D eigenvalue weighted by molar-refractivity contribution is -0.113. The molecular formula is C20H15N3O2S. The van der Waals surface area contributed by atoms with E-state index in [4.69, 9.17) is 4.42 Å². The molecule has 0 unspecified atom stereocenters. The summed E-state index contributed by atoms with van der Waals surface area (Å²) in [5, 5.41) is 13.5. The van der Waals surface area contributed by atoms with Crippen molar-refractivity contribution >= 4 is 34.1 Å². The van der Waals surface area contributed by atoms with E-state index in [0.29, 0.717) is 11.1 Å². The highest BCUT2D eigenvalue weighted by Crippen LogP contribution is 2.29. The van der Waals surface area contributed by atoms with Gasteiger partial charge in [0.2, 0.25) is 11.8 Å². The van der Waals surface area contributed by atoms with Gasteiger partial charge in [0.1, 0.15) is 0 Å². The number of aromatic nitrogens is 2. The van der Waals surface area contributed by atoms with Gasteiger partial charge in [-0.05, 0) is 29.0 Å². The Hall–Kier alpha value is -3.12. The van der Waals surface area contributed by atoms with Crippen LogP contribution in [-0.2, 0) is 4.79 Å². The van der Waals surface area contributed by atoms with Gasteiger partial charge in [0.05, 0.1) is 5.75 Å². The lowest BCUT2D eigenvalue weighted by Crippen LogP contribution is -2.13. The van der Waals surface area contributed by atoms with Gasteiger partial charge in [-0.25, -0.2) is 0 Å². The Labute approximate surface area is 154 Å². The zero-order chi connectivity index (χ0) is 17.8. The first-order chi connectivity index (χ1) is 12.8. The van der Waals surface area contributed by atoms with Crippen LogP contribution in [0.25, 0.3) is 22.2 Å². The van der Waals surface area contributed by atoms with Gasteiger partial charge in [0.15, 0.2) is 0 Å². The van der Waals surface area contributed by atoms with Crippen LogP contribution < -0.4 is 5.32 Å². The SMILES string of the molecule is O=C(CSc1nnc(-c2cccc3ccccc23)o1)Nc1ccccc1. The third-order valence-electron chi connectivity index (χ3n) is 3.81. The van der Waals surface area contributed by atoms with Crippen LogP contribution in [0.5, 0.6) is 0 Å². The van der Waals surface area contributed by atoms with E-state index < -0.39 is 0 Å². The van der Waals surface area contributed by atoms with Crippen LogP contribution in [0.4, 0.5) is 5.69 Å². The van der Waals surface area contributed by atoms with E-state index in [2.05, 4.69) is 15.5 Å². The minimum atomic E-state index is -0.119. The van der Waals surface area contributed by atoms with Crippen molar-refractivity contribution in [2.24, 2.45) is 0 Å². The third-order valence-corrected chi connectivity index (χ3v) is 4.63. The van der Waals surface area contributed by atoms with Crippen LogP contribution in [0.1, 0.15) is 0 Å². The van der Waals surface area contributed by atoms with Crippen molar-refractivity contribution in [3.8, 4) is 11.5 Å². The maximum atomic E-state index is 12.0. The number of para-hydroxylation sites is 1. The molecule has 4 aromatic rings. The van der Waals surface area contributed by atoms with Crippen molar-refractivity contribution in [1.82, 2.24) is 10.2 Å². The minimum Gasteiger partial charge on any atom is -0.411 e. The number of hydrogen-bond donors (Lipinski definition) is 1. The third kappa shape index (κ3) is 3.60. The number of amides is 1. The molecule has 0 fully saturated rings. The summed E-state index contributed by atoms with van der Waals surface area (Å²) in [7, 11) is 0. The lowest BCUT2D eigenvalue weighted by Gasteiger charge is -2.03. The number of fused-ring (bicyclic) bond motifs is 1. The number of benzene rings is 3. The van der Waals surface area contributed by atoms with Crippen molar-refractivity contribution < 1.29 is 9.21 Å². The molecule has 0 atom stereocenters. The van der Waals surface area contributed by atoms with Gasteiger partial charge < -0.3 is 9.73 Å². The summed E-state index contributed by atoms with van der Waals surface area (Å²) in [5.41, 5.74) is 1.65. The molecular weight excluding hydrogens is 346 g/mol. The average molecular weight is 361 g/mol. The molecule has 0 aliphatic rings. The molecule has 4 rings (SSSR count). The first kappa shape index (κ1) is 16.4. The summed E-state index contributed by atoms with van der Waals surface area (Å²) in [5.74, 6) is 0.533. The summed E-state index contributed by atoms with van der Waals surface area (Å²) in [6, 6.07) is 23.3. The molecule has 0 radical (unpaired) electrons. The second-order valence-corrected chi connectivity index (χ2v) is 6.53. The van der Waals surface area contributed by atoms with Gasteiger partial charge in [-0.15, -0.1) is 10.2 Å². The van der Waals surface area contributed by atoms with Crippen LogP contribution >= 0.6 is 11.8 Å². The Morgan fingerprint density at radius 2 is 1.69 bits per heavy atom. The highest BCUT2D eigenvalue weighted by atomic mass is 32.2. The van der Waals surface area contributed by atoms with Crippen molar-refractivity contribution in [2.75, 3.05) is 11.1 Å². The molecule has 128 valence electrons. The summed E-state index contributed by atoms with van der Waals surface area (Å²) < 4.78 is 5.74. The molecule has 1 heterocycles. The topological polar surface area (TPSA) is 68.0 Å². The number of hydrogen-bond acceptors (Lipinski definition) is 5. The first-order valence-electron chi connectivity index (χ1n) is 8.09. The Morgan fingerprint density at radius 3 is 2.58 bits per heavy atom. The van der Waals surface area contributed by atoms with E-state index in [1.165, 1.54) is 11.8 Å². The summed E-state index contributed by atoms with van der Waals surface area (Å²) in [4.78, 5) is 12.0. The van der Waals surface area contributed by atoms with E-state index in [-0.39, 0.29) is 11.7 Å². The molecule has 5 nitrogen and oxygen atoms in total. The highest BCUT2D eigenvalue weighted by molar-refractivity contribution is 7.99. The molecule has 0 saturated heterocycles. The normalized spacial score (nSPS) is 10.8. The number of nitrogens with one attached hydrogen (secondary N) is 1. The second-order valence-electron chi connectivity index (χ2n) is 5.60. The number of carbonyl (C=O) groups is 1. The first-order valence-corrected chi connectivity index (χ1v) is 9.07. The molecule has 1 aromatic heterocycles. The van der Waals surface area contributed by atoms with Crippen molar-refractivity contribution in [3.63, 3.8) is 0 Å². The monoisotopic (exact) mass is 361 g/mol. The number of anilines is 1. The van der Waals surface area contributed by atoms with Gasteiger partial charge in [0.25, 0.3) is 5.22 Å². The summed E-state index contributed by atoms with van der Waals surface area (Å²) >= 11 is 1.22. The fourth-order valence-corrected chi connectivity index (χ4v) is 3.20. The Kier molecular flexibility index (Phi) is 4.66. The van der Waals surface area contributed by atoms with E-state index >= 15 is 0 Å². The molecule has 26 heavy (non-hydrogen) atoms. The Morgan fingerprint density at radius 1 is 0.923 bits per heavy atom.